The Morgan fingerprint density at radius 3 is 2.37 bits per heavy atom. The van der Waals surface area contributed by atoms with Crippen molar-refractivity contribution < 1.29 is 9.53 Å². The lowest BCUT2D eigenvalue weighted by Gasteiger charge is -2.36. The molecular weight excluding hydrogens is 385 g/mol. The molecular formula is C20H33Cl2N3O2. The van der Waals surface area contributed by atoms with E-state index in [4.69, 9.17) is 10.5 Å². The van der Waals surface area contributed by atoms with Crippen molar-refractivity contribution in [3.8, 4) is 5.75 Å². The number of hydrogen-bond donors (Lipinski definition) is 1. The van der Waals surface area contributed by atoms with Gasteiger partial charge in [0.05, 0.1) is 6.61 Å². The molecule has 1 aromatic carbocycles. The van der Waals surface area contributed by atoms with Crippen LogP contribution < -0.4 is 10.5 Å². The molecule has 2 fully saturated rings. The third-order valence-corrected chi connectivity index (χ3v) is 5.60. The van der Waals surface area contributed by atoms with E-state index in [2.05, 4.69) is 21.9 Å². The van der Waals surface area contributed by atoms with Crippen molar-refractivity contribution in [2.75, 3.05) is 39.3 Å². The Labute approximate surface area is 175 Å². The Morgan fingerprint density at radius 2 is 1.78 bits per heavy atom. The monoisotopic (exact) mass is 417 g/mol. The lowest BCUT2D eigenvalue weighted by Crippen LogP contribution is -2.50. The average molecular weight is 418 g/mol. The maximum atomic E-state index is 12.8. The first-order valence-corrected chi connectivity index (χ1v) is 9.64. The molecule has 2 atom stereocenters. The van der Waals surface area contributed by atoms with Crippen LogP contribution in [0.5, 0.6) is 5.75 Å². The van der Waals surface area contributed by atoms with Gasteiger partial charge in [0.25, 0.3) is 0 Å². The summed E-state index contributed by atoms with van der Waals surface area (Å²) >= 11 is 0. The van der Waals surface area contributed by atoms with Crippen molar-refractivity contribution in [1.82, 2.24) is 9.80 Å². The second-order valence-electron chi connectivity index (χ2n) is 7.21. The fourth-order valence-corrected chi connectivity index (χ4v) is 4.12. The van der Waals surface area contributed by atoms with Gasteiger partial charge in [0, 0.05) is 38.6 Å². The minimum atomic E-state index is 0. The molecule has 0 spiro atoms. The number of piperazine rings is 1. The average Bonchev–Trinajstić information content (AvgIpc) is 3.12. The van der Waals surface area contributed by atoms with Crippen LogP contribution in [-0.4, -0.2) is 55.0 Å². The van der Waals surface area contributed by atoms with Crippen LogP contribution in [0.3, 0.4) is 0 Å². The second kappa shape index (κ2) is 11.7. The molecule has 7 heteroatoms. The van der Waals surface area contributed by atoms with E-state index < -0.39 is 0 Å². The van der Waals surface area contributed by atoms with Gasteiger partial charge in [0.2, 0.25) is 5.91 Å². The fraction of sp³-hybridized carbons (Fsp3) is 0.650. The molecule has 1 aliphatic heterocycles. The third kappa shape index (κ3) is 6.24. The summed E-state index contributed by atoms with van der Waals surface area (Å²) in [5.74, 6) is 1.83. The number of nitrogens with zero attached hydrogens (tertiary/aromatic N) is 2. The molecule has 1 aromatic rings. The summed E-state index contributed by atoms with van der Waals surface area (Å²) in [6.45, 7) is 7.83. The maximum absolute atomic E-state index is 12.8. The van der Waals surface area contributed by atoms with E-state index in [0.29, 0.717) is 25.0 Å². The summed E-state index contributed by atoms with van der Waals surface area (Å²) < 4.78 is 5.49. The summed E-state index contributed by atoms with van der Waals surface area (Å²) in [7, 11) is 0. The quantitative estimate of drug-likeness (QED) is 0.772. The van der Waals surface area contributed by atoms with E-state index in [9.17, 15) is 4.79 Å². The van der Waals surface area contributed by atoms with Gasteiger partial charge < -0.3 is 15.4 Å². The van der Waals surface area contributed by atoms with Crippen LogP contribution in [0, 0.1) is 11.8 Å². The van der Waals surface area contributed by atoms with E-state index >= 15 is 0 Å². The molecule has 1 aliphatic carbocycles. The first-order valence-electron chi connectivity index (χ1n) is 9.64. The highest BCUT2D eigenvalue weighted by molar-refractivity contribution is 5.85. The highest BCUT2D eigenvalue weighted by atomic mass is 35.5. The topological polar surface area (TPSA) is 58.8 Å². The van der Waals surface area contributed by atoms with Crippen molar-refractivity contribution in [3.05, 3.63) is 29.8 Å². The molecule has 2 N–H and O–H groups in total. The van der Waals surface area contributed by atoms with E-state index in [1.807, 2.05) is 19.1 Å². The first-order chi connectivity index (χ1) is 12.2. The summed E-state index contributed by atoms with van der Waals surface area (Å²) in [5, 5.41) is 0. The number of benzene rings is 1. The van der Waals surface area contributed by atoms with E-state index in [1.165, 1.54) is 5.56 Å². The fourth-order valence-electron chi connectivity index (χ4n) is 4.12. The van der Waals surface area contributed by atoms with Crippen molar-refractivity contribution in [2.45, 2.75) is 32.7 Å². The summed E-state index contributed by atoms with van der Waals surface area (Å²) in [6.07, 6.45) is 3.29. The smallest absolute Gasteiger partial charge is 0.226 e. The number of nitrogens with two attached hydrogens (primary N) is 1. The number of carbonyl (C=O) groups is 1. The molecule has 154 valence electrons. The summed E-state index contributed by atoms with van der Waals surface area (Å²) in [4.78, 5) is 17.3. The number of ether oxygens (including phenoxy) is 1. The Balaban J connectivity index is 0.00000182. The first kappa shape index (κ1) is 24.0. The lowest BCUT2D eigenvalue weighted by atomic mass is 9.94. The van der Waals surface area contributed by atoms with Crippen LogP contribution in [0.15, 0.2) is 24.3 Å². The molecule has 0 aromatic heterocycles. The van der Waals surface area contributed by atoms with E-state index in [-0.39, 0.29) is 30.7 Å². The normalized spacial score (nSPS) is 22.7. The number of rotatable bonds is 6. The molecule has 5 nitrogen and oxygen atoms in total. The van der Waals surface area contributed by atoms with Crippen LogP contribution in [0.1, 0.15) is 31.7 Å². The Hall–Kier alpha value is -1.01. The van der Waals surface area contributed by atoms with Gasteiger partial charge in [-0.3, -0.25) is 9.69 Å². The molecule has 1 saturated heterocycles. The zero-order valence-corrected chi connectivity index (χ0v) is 17.8. The molecule has 1 heterocycles. The van der Waals surface area contributed by atoms with Crippen LogP contribution in [0.2, 0.25) is 0 Å². The van der Waals surface area contributed by atoms with Crippen LogP contribution in [-0.2, 0) is 11.3 Å². The van der Waals surface area contributed by atoms with Gasteiger partial charge in [-0.2, -0.15) is 0 Å². The molecule has 2 aliphatic rings. The van der Waals surface area contributed by atoms with Gasteiger partial charge in [-0.25, -0.2) is 0 Å². The largest absolute Gasteiger partial charge is 0.494 e. The van der Waals surface area contributed by atoms with Crippen LogP contribution >= 0.6 is 24.8 Å². The Morgan fingerprint density at radius 1 is 1.11 bits per heavy atom. The standard InChI is InChI=1S/C20H31N3O2.2ClH/c1-2-25-18-8-6-16(7-9-18)15-22-10-12-23(13-11-22)20(24)19-5-3-4-17(19)14-21;;/h6-9,17,19H,2-5,10-15,21H2,1H3;2*1H/t17-,19-;;/m1../s1. The van der Waals surface area contributed by atoms with Gasteiger partial charge in [0.1, 0.15) is 5.75 Å². The van der Waals surface area contributed by atoms with Crippen molar-refractivity contribution in [1.29, 1.82) is 0 Å². The van der Waals surface area contributed by atoms with Crippen LogP contribution in [0.25, 0.3) is 0 Å². The molecule has 27 heavy (non-hydrogen) atoms. The molecule has 0 radical (unpaired) electrons. The van der Waals surface area contributed by atoms with Crippen LogP contribution in [0.4, 0.5) is 0 Å². The molecule has 3 rings (SSSR count). The summed E-state index contributed by atoms with van der Waals surface area (Å²) in [6, 6.07) is 8.33. The number of halogens is 2. The number of hydrogen-bond acceptors (Lipinski definition) is 4. The van der Waals surface area contributed by atoms with Gasteiger partial charge in [0.15, 0.2) is 0 Å². The lowest BCUT2D eigenvalue weighted by molar-refractivity contribution is -0.138. The Bertz CT molecular complexity index is 563. The SMILES string of the molecule is CCOc1ccc(CN2CCN(C(=O)[C@@H]3CCC[C@@H]3CN)CC2)cc1.Cl.Cl. The third-order valence-electron chi connectivity index (χ3n) is 5.60. The Kier molecular flexibility index (Phi) is 10.5. The molecule has 0 unspecified atom stereocenters. The zero-order valence-electron chi connectivity index (χ0n) is 16.1. The number of amides is 1. The van der Waals surface area contributed by atoms with Gasteiger partial charge in [-0.05, 0) is 49.9 Å². The van der Waals surface area contributed by atoms with E-state index in [1.54, 1.807) is 0 Å². The van der Waals surface area contributed by atoms with Crippen molar-refractivity contribution >= 4 is 30.7 Å². The zero-order chi connectivity index (χ0) is 17.6. The van der Waals surface area contributed by atoms with Crippen molar-refractivity contribution in [2.24, 2.45) is 17.6 Å². The molecule has 1 amide bonds. The number of carbonyl (C=O) groups excluding carboxylic acids is 1. The molecule has 0 bridgehead atoms. The highest BCUT2D eigenvalue weighted by Crippen LogP contribution is 2.32. The molecule has 1 saturated carbocycles. The predicted molar refractivity (Wildman–Crippen MR) is 114 cm³/mol. The second-order valence-corrected chi connectivity index (χ2v) is 7.21. The summed E-state index contributed by atoms with van der Waals surface area (Å²) in [5.41, 5.74) is 7.13. The van der Waals surface area contributed by atoms with E-state index in [0.717, 1.165) is 57.7 Å². The minimum Gasteiger partial charge on any atom is -0.494 e. The van der Waals surface area contributed by atoms with Gasteiger partial charge >= 0.3 is 0 Å². The van der Waals surface area contributed by atoms with Gasteiger partial charge in [-0.1, -0.05) is 18.6 Å². The highest BCUT2D eigenvalue weighted by Gasteiger charge is 2.35. The van der Waals surface area contributed by atoms with Gasteiger partial charge in [-0.15, -0.1) is 24.8 Å². The maximum Gasteiger partial charge on any atom is 0.226 e. The van der Waals surface area contributed by atoms with Crippen molar-refractivity contribution in [3.63, 3.8) is 0 Å². The predicted octanol–water partition coefficient (Wildman–Crippen LogP) is 2.95. The minimum absolute atomic E-state index is 0.